The van der Waals surface area contributed by atoms with Crippen molar-refractivity contribution in [2.75, 3.05) is 6.54 Å². The molecule has 3 rings (SSSR count). The maximum atomic E-state index is 12.1. The monoisotopic (exact) mass is 284 g/mol. The van der Waals surface area contributed by atoms with Gasteiger partial charge in [-0.3, -0.25) is 4.79 Å². The fourth-order valence-corrected chi connectivity index (χ4v) is 2.99. The summed E-state index contributed by atoms with van der Waals surface area (Å²) < 4.78 is 1.83. The summed E-state index contributed by atoms with van der Waals surface area (Å²) >= 11 is 0. The molecular formula is C16H20N4O. The number of aromatic nitrogens is 2. The molecule has 2 atom stereocenters. The van der Waals surface area contributed by atoms with Gasteiger partial charge in [0.05, 0.1) is 17.9 Å². The first-order valence-electron chi connectivity index (χ1n) is 7.35. The van der Waals surface area contributed by atoms with Crippen LogP contribution in [0.1, 0.15) is 31.4 Å². The highest BCUT2D eigenvalue weighted by molar-refractivity contribution is 5.77. The molecule has 2 N–H and O–H groups in total. The van der Waals surface area contributed by atoms with Crippen LogP contribution in [0.5, 0.6) is 0 Å². The van der Waals surface area contributed by atoms with E-state index >= 15 is 0 Å². The molecule has 2 aromatic rings. The Balaban J connectivity index is 1.92. The average molecular weight is 284 g/mol. The van der Waals surface area contributed by atoms with E-state index in [2.05, 4.69) is 5.10 Å². The summed E-state index contributed by atoms with van der Waals surface area (Å²) in [6.45, 7) is 2.66. The van der Waals surface area contributed by atoms with Crippen LogP contribution >= 0.6 is 0 Å². The van der Waals surface area contributed by atoms with Gasteiger partial charge in [0.2, 0.25) is 5.91 Å². The van der Waals surface area contributed by atoms with Gasteiger partial charge in [0.1, 0.15) is 0 Å². The molecule has 1 aromatic carbocycles. The van der Waals surface area contributed by atoms with Crippen molar-refractivity contribution in [3.63, 3.8) is 0 Å². The molecule has 5 heteroatoms. The molecule has 1 saturated heterocycles. The highest BCUT2D eigenvalue weighted by Gasteiger charge is 2.34. The first-order chi connectivity index (χ1) is 10.2. The summed E-state index contributed by atoms with van der Waals surface area (Å²) in [7, 11) is 0. The lowest BCUT2D eigenvalue weighted by atomic mass is 9.92. The molecule has 1 amide bonds. The van der Waals surface area contributed by atoms with Gasteiger partial charge >= 0.3 is 0 Å². The van der Waals surface area contributed by atoms with Crippen molar-refractivity contribution in [2.45, 2.75) is 31.8 Å². The molecule has 0 spiro atoms. The van der Waals surface area contributed by atoms with Gasteiger partial charge in [-0.15, -0.1) is 0 Å². The molecule has 1 fully saturated rings. The van der Waals surface area contributed by atoms with Crippen molar-refractivity contribution < 1.29 is 4.79 Å². The Morgan fingerprint density at radius 3 is 2.81 bits per heavy atom. The smallest absolute Gasteiger partial charge is 0.223 e. The topological polar surface area (TPSA) is 64.2 Å². The lowest BCUT2D eigenvalue weighted by molar-refractivity contribution is -0.137. The maximum Gasteiger partial charge on any atom is 0.223 e. The maximum absolute atomic E-state index is 12.1. The van der Waals surface area contributed by atoms with E-state index in [1.807, 2.05) is 59.2 Å². The van der Waals surface area contributed by atoms with E-state index in [1.54, 1.807) is 0 Å². The number of amides is 1. The lowest BCUT2D eigenvalue weighted by Crippen LogP contribution is -2.48. The van der Waals surface area contributed by atoms with Crippen LogP contribution in [0.4, 0.5) is 0 Å². The minimum absolute atomic E-state index is 0.0314. The van der Waals surface area contributed by atoms with Crippen LogP contribution in [0.3, 0.4) is 0 Å². The largest absolute Gasteiger partial charge is 0.334 e. The van der Waals surface area contributed by atoms with Crippen molar-refractivity contribution in [2.24, 2.45) is 5.73 Å². The minimum Gasteiger partial charge on any atom is -0.334 e. The van der Waals surface area contributed by atoms with Crippen molar-refractivity contribution in [3.8, 4) is 5.69 Å². The standard InChI is InChI=1S/C16H20N4O/c1-2-19-15(21)9-8-14(17)16(19)12-10-18-20(11-12)13-6-4-3-5-7-13/h3-7,10-11,14,16H,2,8-9,17H2,1H3. The summed E-state index contributed by atoms with van der Waals surface area (Å²) in [4.78, 5) is 13.9. The Morgan fingerprint density at radius 1 is 1.33 bits per heavy atom. The van der Waals surface area contributed by atoms with Crippen LogP contribution in [0, 0.1) is 0 Å². The number of nitrogens with two attached hydrogens (primary N) is 1. The molecule has 0 saturated carbocycles. The molecule has 5 nitrogen and oxygen atoms in total. The normalized spacial score (nSPS) is 22.6. The summed E-state index contributed by atoms with van der Waals surface area (Å²) in [5.74, 6) is 0.177. The second-order valence-electron chi connectivity index (χ2n) is 5.38. The van der Waals surface area contributed by atoms with Crippen molar-refractivity contribution >= 4 is 5.91 Å². The number of likely N-dealkylation sites (N-methyl/N-ethyl adjacent to an activating group) is 1. The molecule has 0 aliphatic carbocycles. The number of carbonyl (C=O) groups excluding carboxylic acids is 1. The van der Waals surface area contributed by atoms with Gasteiger partial charge in [0.25, 0.3) is 0 Å². The number of rotatable bonds is 3. The van der Waals surface area contributed by atoms with Crippen LogP contribution in [0.25, 0.3) is 5.69 Å². The number of nitrogens with zero attached hydrogens (tertiary/aromatic N) is 3. The van der Waals surface area contributed by atoms with Crippen molar-refractivity contribution in [3.05, 3.63) is 48.3 Å². The Labute approximate surface area is 124 Å². The molecule has 21 heavy (non-hydrogen) atoms. The molecule has 0 radical (unpaired) electrons. The number of hydrogen-bond acceptors (Lipinski definition) is 3. The summed E-state index contributed by atoms with van der Waals surface area (Å²) in [5.41, 5.74) is 8.26. The second kappa shape index (κ2) is 5.69. The highest BCUT2D eigenvalue weighted by atomic mass is 16.2. The van der Waals surface area contributed by atoms with Gasteiger partial charge in [0.15, 0.2) is 0 Å². The molecule has 1 aliphatic rings. The molecule has 2 unspecified atom stereocenters. The van der Waals surface area contributed by atoms with E-state index in [0.717, 1.165) is 17.7 Å². The zero-order chi connectivity index (χ0) is 14.8. The SMILES string of the molecule is CCN1C(=O)CCC(N)C1c1cnn(-c2ccccc2)c1. The third kappa shape index (κ3) is 2.56. The van der Waals surface area contributed by atoms with E-state index in [4.69, 9.17) is 5.73 Å². The third-order valence-corrected chi connectivity index (χ3v) is 4.06. The predicted octanol–water partition coefficient (Wildman–Crippen LogP) is 1.88. The Kier molecular flexibility index (Phi) is 3.75. The summed E-state index contributed by atoms with van der Waals surface area (Å²) in [6.07, 6.45) is 5.06. The van der Waals surface area contributed by atoms with E-state index in [1.165, 1.54) is 0 Å². The molecule has 2 heterocycles. The fourth-order valence-electron chi connectivity index (χ4n) is 2.99. The average Bonchev–Trinajstić information content (AvgIpc) is 2.99. The van der Waals surface area contributed by atoms with Crippen LogP contribution in [0.15, 0.2) is 42.7 Å². The van der Waals surface area contributed by atoms with Crippen molar-refractivity contribution in [1.82, 2.24) is 14.7 Å². The lowest BCUT2D eigenvalue weighted by Gasteiger charge is -2.38. The number of benzene rings is 1. The number of hydrogen-bond donors (Lipinski definition) is 1. The van der Waals surface area contributed by atoms with Crippen LogP contribution in [-0.4, -0.2) is 33.2 Å². The van der Waals surface area contributed by atoms with Crippen molar-refractivity contribution in [1.29, 1.82) is 0 Å². The van der Waals surface area contributed by atoms with Crippen LogP contribution < -0.4 is 5.73 Å². The van der Waals surface area contributed by atoms with Crippen LogP contribution in [-0.2, 0) is 4.79 Å². The quantitative estimate of drug-likeness (QED) is 0.936. The molecule has 1 aromatic heterocycles. The highest BCUT2D eigenvalue weighted by Crippen LogP contribution is 2.30. The van der Waals surface area contributed by atoms with Gasteiger partial charge in [-0.2, -0.15) is 5.10 Å². The van der Waals surface area contributed by atoms with Gasteiger partial charge in [-0.05, 0) is 25.5 Å². The Hall–Kier alpha value is -2.14. The first kappa shape index (κ1) is 13.8. The number of carbonyl (C=O) groups is 1. The molecule has 0 bridgehead atoms. The first-order valence-corrected chi connectivity index (χ1v) is 7.35. The number of likely N-dealkylation sites (tertiary alicyclic amines) is 1. The van der Waals surface area contributed by atoms with Gasteiger partial charge in [-0.1, -0.05) is 18.2 Å². The zero-order valence-corrected chi connectivity index (χ0v) is 12.1. The molecule has 110 valence electrons. The second-order valence-corrected chi connectivity index (χ2v) is 5.38. The third-order valence-electron chi connectivity index (χ3n) is 4.06. The van der Waals surface area contributed by atoms with Gasteiger partial charge in [-0.25, -0.2) is 4.68 Å². The number of para-hydroxylation sites is 1. The van der Waals surface area contributed by atoms with Gasteiger partial charge < -0.3 is 10.6 Å². The van der Waals surface area contributed by atoms with Crippen LogP contribution in [0.2, 0.25) is 0 Å². The van der Waals surface area contributed by atoms with E-state index in [0.29, 0.717) is 13.0 Å². The summed E-state index contributed by atoms with van der Waals surface area (Å²) in [5, 5.41) is 4.41. The summed E-state index contributed by atoms with van der Waals surface area (Å²) in [6, 6.07) is 9.82. The zero-order valence-electron chi connectivity index (χ0n) is 12.1. The fraction of sp³-hybridized carbons (Fsp3) is 0.375. The molecular weight excluding hydrogens is 264 g/mol. The van der Waals surface area contributed by atoms with E-state index in [-0.39, 0.29) is 18.0 Å². The minimum atomic E-state index is -0.0753. The Bertz CT molecular complexity index is 622. The predicted molar refractivity (Wildman–Crippen MR) is 80.9 cm³/mol. The molecule has 1 aliphatic heterocycles. The van der Waals surface area contributed by atoms with E-state index < -0.39 is 0 Å². The Morgan fingerprint density at radius 2 is 2.10 bits per heavy atom. The van der Waals surface area contributed by atoms with Gasteiger partial charge in [0, 0.05) is 30.8 Å². The number of piperidine rings is 1. The van der Waals surface area contributed by atoms with E-state index in [9.17, 15) is 4.79 Å².